The molecule has 5 rings (SSSR count). The minimum absolute atomic E-state index is 0.834. The van der Waals surface area contributed by atoms with E-state index >= 15 is 0 Å². The van der Waals surface area contributed by atoms with E-state index in [1.165, 1.54) is 23.6 Å². The van der Waals surface area contributed by atoms with E-state index in [4.69, 9.17) is 0 Å². The van der Waals surface area contributed by atoms with Gasteiger partial charge < -0.3 is 0 Å². The Morgan fingerprint density at radius 2 is 2.07 bits per heavy atom. The van der Waals surface area contributed by atoms with E-state index in [1.807, 2.05) is 0 Å². The third-order valence-electron chi connectivity index (χ3n) is 4.29. The Bertz CT molecular complexity index is 674. The van der Waals surface area contributed by atoms with Gasteiger partial charge in [0.2, 0.25) is 0 Å². The Balaban J connectivity index is 2.04. The van der Waals surface area contributed by atoms with E-state index in [-0.39, 0.29) is 0 Å². The van der Waals surface area contributed by atoms with Crippen LogP contribution in [0.5, 0.6) is 0 Å². The maximum absolute atomic E-state index is 2.43. The van der Waals surface area contributed by atoms with E-state index < -0.39 is 0 Å². The van der Waals surface area contributed by atoms with Crippen molar-refractivity contribution in [3.8, 4) is 0 Å². The Labute approximate surface area is 88.2 Å². The lowest BCUT2D eigenvalue weighted by Gasteiger charge is -2.25. The fourth-order valence-corrected chi connectivity index (χ4v) is 3.49. The second kappa shape index (κ2) is 1.88. The van der Waals surface area contributed by atoms with Gasteiger partial charge in [-0.25, -0.2) is 0 Å². The first kappa shape index (κ1) is 6.84. The van der Waals surface area contributed by atoms with Crippen LogP contribution in [0.3, 0.4) is 0 Å². The summed E-state index contributed by atoms with van der Waals surface area (Å²) in [6, 6.07) is 11.3. The first-order valence-corrected chi connectivity index (χ1v) is 5.70. The molecule has 3 aliphatic rings. The third-order valence-corrected chi connectivity index (χ3v) is 4.29. The van der Waals surface area contributed by atoms with Crippen molar-refractivity contribution in [1.29, 1.82) is 0 Å². The smallest absolute Gasteiger partial charge is 0.00986 e. The SMILES string of the molecule is c1ccc2c3c4c(cc2c1)C1CC1=C4C3. The van der Waals surface area contributed by atoms with Crippen LogP contribution in [0.15, 0.2) is 35.9 Å². The molecule has 2 aromatic carbocycles. The van der Waals surface area contributed by atoms with Crippen LogP contribution >= 0.6 is 0 Å². The van der Waals surface area contributed by atoms with Crippen LogP contribution < -0.4 is 0 Å². The lowest BCUT2D eigenvalue weighted by atomic mass is 9.78. The predicted molar refractivity (Wildman–Crippen MR) is 61.9 cm³/mol. The largest absolute Gasteiger partial charge is 0.0616 e. The van der Waals surface area contributed by atoms with E-state index in [0.717, 1.165) is 5.92 Å². The average Bonchev–Trinajstić information content (AvgIpc) is 2.93. The lowest BCUT2D eigenvalue weighted by Crippen LogP contribution is -2.08. The van der Waals surface area contributed by atoms with Crippen LogP contribution in [-0.4, -0.2) is 0 Å². The number of hydrogen-bond donors (Lipinski definition) is 0. The molecule has 70 valence electrons. The third kappa shape index (κ3) is 0.602. The first-order chi connectivity index (χ1) is 7.43. The number of hydrogen-bond acceptors (Lipinski definition) is 0. The summed E-state index contributed by atoms with van der Waals surface area (Å²) in [4.78, 5) is 0. The minimum Gasteiger partial charge on any atom is -0.0616 e. The summed E-state index contributed by atoms with van der Waals surface area (Å²) in [6.07, 6.45) is 2.61. The van der Waals surface area contributed by atoms with Crippen LogP contribution in [0.2, 0.25) is 0 Å². The van der Waals surface area contributed by atoms with Crippen molar-refractivity contribution in [2.75, 3.05) is 0 Å². The summed E-state index contributed by atoms with van der Waals surface area (Å²) < 4.78 is 0. The normalized spacial score (nSPS) is 23.9. The molecule has 0 nitrogen and oxygen atoms in total. The van der Waals surface area contributed by atoms with Crippen LogP contribution in [0.1, 0.15) is 29.0 Å². The van der Waals surface area contributed by atoms with Crippen LogP contribution in [-0.2, 0) is 6.42 Å². The van der Waals surface area contributed by atoms with E-state index in [1.54, 1.807) is 27.8 Å². The van der Waals surface area contributed by atoms with Gasteiger partial charge in [0.1, 0.15) is 0 Å². The van der Waals surface area contributed by atoms with Crippen molar-refractivity contribution in [1.82, 2.24) is 0 Å². The highest BCUT2D eigenvalue weighted by Crippen LogP contribution is 2.64. The van der Waals surface area contributed by atoms with E-state index in [0.29, 0.717) is 0 Å². The standard InChI is InChI=1S/C15H10/c1-2-4-9-8(3-1)5-12-10-6-11(10)14-7-13(9)15(12)14/h1-5,10H,6-7H2. The van der Waals surface area contributed by atoms with Crippen LogP contribution in [0, 0.1) is 0 Å². The second-order valence-electron chi connectivity index (χ2n) is 4.98. The van der Waals surface area contributed by atoms with E-state index in [9.17, 15) is 0 Å². The van der Waals surface area contributed by atoms with Crippen molar-refractivity contribution in [2.45, 2.75) is 18.8 Å². The van der Waals surface area contributed by atoms with Gasteiger partial charge in [0.15, 0.2) is 0 Å². The maximum Gasteiger partial charge on any atom is 0.00986 e. The van der Waals surface area contributed by atoms with Crippen molar-refractivity contribution in [3.63, 3.8) is 0 Å². The molecule has 0 aromatic heterocycles. The molecule has 1 unspecified atom stereocenters. The Morgan fingerprint density at radius 1 is 1.13 bits per heavy atom. The molecular formula is C15H10. The van der Waals surface area contributed by atoms with Gasteiger partial charge in [0, 0.05) is 5.92 Å². The molecular weight excluding hydrogens is 180 g/mol. The summed E-state index contributed by atoms with van der Waals surface area (Å²) in [5.74, 6) is 0.834. The van der Waals surface area contributed by atoms with Gasteiger partial charge >= 0.3 is 0 Å². The van der Waals surface area contributed by atoms with Crippen molar-refractivity contribution < 1.29 is 0 Å². The summed E-state index contributed by atoms with van der Waals surface area (Å²) in [5.41, 5.74) is 8.36. The van der Waals surface area contributed by atoms with Gasteiger partial charge in [-0.2, -0.15) is 0 Å². The molecule has 0 radical (unpaired) electrons. The summed E-state index contributed by atoms with van der Waals surface area (Å²) in [6.45, 7) is 0. The molecule has 0 spiro atoms. The molecule has 0 amide bonds. The Morgan fingerprint density at radius 3 is 3.07 bits per heavy atom. The molecule has 0 heterocycles. The molecule has 1 atom stereocenters. The molecule has 1 saturated carbocycles. The van der Waals surface area contributed by atoms with Gasteiger partial charge in [-0.15, -0.1) is 0 Å². The molecule has 15 heavy (non-hydrogen) atoms. The zero-order valence-electron chi connectivity index (χ0n) is 8.38. The molecule has 2 aromatic rings. The van der Waals surface area contributed by atoms with Crippen molar-refractivity contribution in [2.24, 2.45) is 0 Å². The predicted octanol–water partition coefficient (Wildman–Crippen LogP) is 3.65. The second-order valence-corrected chi connectivity index (χ2v) is 4.98. The summed E-state index contributed by atoms with van der Waals surface area (Å²) in [5, 5.41) is 2.93. The first-order valence-electron chi connectivity index (χ1n) is 5.70. The highest BCUT2D eigenvalue weighted by atomic mass is 14.5. The lowest BCUT2D eigenvalue weighted by molar-refractivity contribution is 1.11. The molecule has 1 fully saturated rings. The number of benzene rings is 2. The molecule has 0 heteroatoms. The fraction of sp³-hybridized carbons (Fsp3) is 0.200. The topological polar surface area (TPSA) is 0 Å². The van der Waals surface area contributed by atoms with Gasteiger partial charge in [0.05, 0.1) is 0 Å². The van der Waals surface area contributed by atoms with Gasteiger partial charge in [-0.1, -0.05) is 29.8 Å². The summed E-state index contributed by atoms with van der Waals surface area (Å²) >= 11 is 0. The molecule has 3 aliphatic carbocycles. The number of rotatable bonds is 0. The van der Waals surface area contributed by atoms with Gasteiger partial charge in [0.25, 0.3) is 0 Å². The summed E-state index contributed by atoms with van der Waals surface area (Å²) in [7, 11) is 0. The monoisotopic (exact) mass is 190 g/mol. The average molecular weight is 190 g/mol. The van der Waals surface area contributed by atoms with Crippen molar-refractivity contribution >= 4 is 16.3 Å². The fourth-order valence-electron chi connectivity index (χ4n) is 3.49. The van der Waals surface area contributed by atoms with Crippen LogP contribution in [0.25, 0.3) is 16.3 Å². The minimum atomic E-state index is 0.834. The van der Waals surface area contributed by atoms with Gasteiger partial charge in [-0.05, 0) is 51.9 Å². The Kier molecular flexibility index (Phi) is 0.856. The van der Waals surface area contributed by atoms with E-state index in [2.05, 4.69) is 30.3 Å². The quantitative estimate of drug-likeness (QED) is 0.594. The molecule has 0 N–H and O–H groups in total. The highest BCUT2D eigenvalue weighted by Gasteiger charge is 2.47. The van der Waals surface area contributed by atoms with Gasteiger partial charge in [-0.3, -0.25) is 0 Å². The molecule has 0 bridgehead atoms. The van der Waals surface area contributed by atoms with Crippen LogP contribution in [0.4, 0.5) is 0 Å². The van der Waals surface area contributed by atoms with Crippen molar-refractivity contribution in [3.05, 3.63) is 52.6 Å². The highest BCUT2D eigenvalue weighted by molar-refractivity contribution is 6.03. The zero-order valence-corrected chi connectivity index (χ0v) is 8.38. The number of allylic oxidation sites excluding steroid dienone is 2. The number of fused-ring (bicyclic) bond motifs is 4. The zero-order chi connectivity index (χ0) is 9.57. The Hall–Kier alpha value is -1.56. The maximum atomic E-state index is 2.43. The molecule has 0 aliphatic heterocycles. The molecule has 0 saturated heterocycles.